The van der Waals surface area contributed by atoms with Crippen molar-refractivity contribution >= 4 is 39.5 Å². The summed E-state index contributed by atoms with van der Waals surface area (Å²) in [5, 5.41) is 10.6. The molecular formula is C74H144O17P2. The second-order valence-corrected chi connectivity index (χ2v) is 31.0. The van der Waals surface area contributed by atoms with E-state index in [0.29, 0.717) is 31.6 Å². The number of unbranched alkanes of at least 4 members (excludes halogenated alkanes) is 40. The van der Waals surface area contributed by atoms with Gasteiger partial charge in [-0.1, -0.05) is 325 Å². The Morgan fingerprint density at radius 2 is 0.495 bits per heavy atom. The molecular weight excluding hydrogens is 1220 g/mol. The maximum Gasteiger partial charge on any atom is 0.472 e. The highest BCUT2D eigenvalue weighted by atomic mass is 31.2. The third-order valence-corrected chi connectivity index (χ3v) is 19.0. The van der Waals surface area contributed by atoms with Crippen LogP contribution in [-0.4, -0.2) is 96.7 Å². The third kappa shape index (κ3) is 68.4. The second-order valence-electron chi connectivity index (χ2n) is 28.1. The molecule has 93 heavy (non-hydrogen) atoms. The van der Waals surface area contributed by atoms with E-state index in [4.69, 9.17) is 37.0 Å². The van der Waals surface area contributed by atoms with Crippen LogP contribution in [0.1, 0.15) is 376 Å². The van der Waals surface area contributed by atoms with Crippen LogP contribution in [-0.2, 0) is 65.4 Å². The highest BCUT2D eigenvalue weighted by Crippen LogP contribution is 2.45. The Morgan fingerprint density at radius 1 is 0.290 bits per heavy atom. The number of carbonyl (C=O) groups is 4. The smallest absolute Gasteiger partial charge is 0.462 e. The van der Waals surface area contributed by atoms with Crippen LogP contribution in [0, 0.1) is 17.8 Å². The van der Waals surface area contributed by atoms with Crippen molar-refractivity contribution in [3.8, 4) is 0 Å². The van der Waals surface area contributed by atoms with Gasteiger partial charge in [0.2, 0.25) is 0 Å². The zero-order chi connectivity index (χ0) is 68.7. The molecule has 552 valence electrons. The summed E-state index contributed by atoms with van der Waals surface area (Å²) in [7, 11) is -9.91. The molecule has 0 aromatic carbocycles. The van der Waals surface area contributed by atoms with Crippen molar-refractivity contribution in [1.29, 1.82) is 0 Å². The predicted octanol–water partition coefficient (Wildman–Crippen LogP) is 21.4. The van der Waals surface area contributed by atoms with Crippen LogP contribution in [0.25, 0.3) is 0 Å². The summed E-state index contributed by atoms with van der Waals surface area (Å²) in [5.74, 6) is 0.0504. The molecule has 0 saturated carbocycles. The quantitative estimate of drug-likeness (QED) is 0.0222. The van der Waals surface area contributed by atoms with E-state index in [9.17, 15) is 43.2 Å². The molecule has 0 heterocycles. The van der Waals surface area contributed by atoms with Gasteiger partial charge in [0.15, 0.2) is 12.2 Å². The van der Waals surface area contributed by atoms with Crippen molar-refractivity contribution < 1.29 is 80.2 Å². The number of phosphoric acid groups is 2. The minimum Gasteiger partial charge on any atom is -0.462 e. The normalized spacial score (nSPS) is 14.1. The molecule has 2 unspecified atom stereocenters. The van der Waals surface area contributed by atoms with Gasteiger partial charge in [-0.05, 0) is 43.4 Å². The van der Waals surface area contributed by atoms with Gasteiger partial charge in [-0.25, -0.2) is 9.13 Å². The first-order chi connectivity index (χ1) is 44.7. The highest BCUT2D eigenvalue weighted by Gasteiger charge is 2.30. The van der Waals surface area contributed by atoms with Crippen LogP contribution < -0.4 is 0 Å². The minimum absolute atomic E-state index is 0.104. The zero-order valence-corrected chi connectivity index (χ0v) is 62.5. The first-order valence-electron chi connectivity index (χ1n) is 38.3. The number of hydrogen-bond acceptors (Lipinski definition) is 15. The van der Waals surface area contributed by atoms with Crippen molar-refractivity contribution in [2.24, 2.45) is 17.8 Å². The van der Waals surface area contributed by atoms with Gasteiger partial charge >= 0.3 is 39.5 Å². The SMILES string of the molecule is CCCCCCCCCCCCCCCCCCCCCC(=O)O[C@H](COC(=O)CCCCCCCCCCCCC(C)C)COP(=O)(O)OC[C@@H](O)COP(=O)(O)OC[C@@H](COC(=O)CCCCCCCCC(C)C)OC(=O)CCCCCCCCCCCC(C)C. The maximum absolute atomic E-state index is 13.1. The Balaban J connectivity index is 5.22. The van der Waals surface area contributed by atoms with Gasteiger partial charge in [-0.2, -0.15) is 0 Å². The van der Waals surface area contributed by atoms with Gasteiger partial charge in [0.05, 0.1) is 26.4 Å². The van der Waals surface area contributed by atoms with E-state index in [0.717, 1.165) is 108 Å². The number of aliphatic hydroxyl groups excluding tert-OH is 1. The van der Waals surface area contributed by atoms with Crippen LogP contribution in [0.15, 0.2) is 0 Å². The topological polar surface area (TPSA) is 237 Å². The Labute approximate surface area is 568 Å². The number of aliphatic hydroxyl groups is 1. The fourth-order valence-corrected chi connectivity index (χ4v) is 12.8. The Bertz CT molecular complexity index is 1820. The van der Waals surface area contributed by atoms with Gasteiger partial charge in [0.25, 0.3) is 0 Å². The Morgan fingerprint density at radius 3 is 0.731 bits per heavy atom. The first-order valence-corrected chi connectivity index (χ1v) is 41.3. The van der Waals surface area contributed by atoms with E-state index in [-0.39, 0.29) is 25.7 Å². The van der Waals surface area contributed by atoms with Crippen LogP contribution in [0.5, 0.6) is 0 Å². The molecule has 5 atom stereocenters. The van der Waals surface area contributed by atoms with Crippen molar-refractivity contribution in [2.45, 2.75) is 394 Å². The molecule has 0 radical (unpaired) electrons. The third-order valence-electron chi connectivity index (χ3n) is 17.1. The summed E-state index contributed by atoms with van der Waals surface area (Å²) >= 11 is 0. The summed E-state index contributed by atoms with van der Waals surface area (Å²) < 4.78 is 68.4. The van der Waals surface area contributed by atoms with Gasteiger partial charge in [-0.15, -0.1) is 0 Å². The minimum atomic E-state index is -4.96. The second kappa shape index (κ2) is 64.7. The molecule has 0 bridgehead atoms. The molecule has 0 spiro atoms. The summed E-state index contributed by atoms with van der Waals surface area (Å²) in [6, 6.07) is 0. The molecule has 0 aromatic heterocycles. The summed E-state index contributed by atoms with van der Waals surface area (Å²) in [6.45, 7) is 11.8. The average molecular weight is 1370 g/mol. The van der Waals surface area contributed by atoms with Crippen LogP contribution in [0.3, 0.4) is 0 Å². The van der Waals surface area contributed by atoms with E-state index in [2.05, 4.69) is 48.5 Å². The molecule has 19 heteroatoms. The Kier molecular flexibility index (Phi) is 63.4. The fraction of sp³-hybridized carbons (Fsp3) is 0.946. The predicted molar refractivity (Wildman–Crippen MR) is 377 cm³/mol. The number of carbonyl (C=O) groups excluding carboxylic acids is 4. The monoisotopic (exact) mass is 1370 g/mol. The number of phosphoric ester groups is 2. The molecule has 0 aromatic rings. The van der Waals surface area contributed by atoms with E-state index in [1.807, 2.05) is 0 Å². The molecule has 0 amide bonds. The summed E-state index contributed by atoms with van der Waals surface area (Å²) in [5.41, 5.74) is 0. The average Bonchev–Trinajstić information content (AvgIpc) is 3.26. The van der Waals surface area contributed by atoms with Gasteiger partial charge < -0.3 is 33.8 Å². The number of ether oxygens (including phenoxy) is 4. The van der Waals surface area contributed by atoms with E-state index in [1.165, 1.54) is 180 Å². The van der Waals surface area contributed by atoms with Gasteiger partial charge in [0, 0.05) is 25.7 Å². The van der Waals surface area contributed by atoms with Crippen LogP contribution in [0.4, 0.5) is 0 Å². The largest absolute Gasteiger partial charge is 0.472 e. The highest BCUT2D eigenvalue weighted by molar-refractivity contribution is 7.47. The maximum atomic E-state index is 13.1. The van der Waals surface area contributed by atoms with Crippen LogP contribution in [0.2, 0.25) is 0 Å². The lowest BCUT2D eigenvalue weighted by Gasteiger charge is -2.21. The molecule has 0 aliphatic carbocycles. The van der Waals surface area contributed by atoms with Gasteiger partial charge in [0.1, 0.15) is 19.3 Å². The lowest BCUT2D eigenvalue weighted by molar-refractivity contribution is -0.161. The van der Waals surface area contributed by atoms with Crippen molar-refractivity contribution in [1.82, 2.24) is 0 Å². The lowest BCUT2D eigenvalue weighted by atomic mass is 10.0. The van der Waals surface area contributed by atoms with Crippen molar-refractivity contribution in [2.75, 3.05) is 39.6 Å². The lowest BCUT2D eigenvalue weighted by Crippen LogP contribution is -2.30. The fourth-order valence-electron chi connectivity index (χ4n) is 11.2. The summed E-state index contributed by atoms with van der Waals surface area (Å²) in [4.78, 5) is 72.7. The van der Waals surface area contributed by atoms with E-state index in [1.54, 1.807) is 0 Å². The van der Waals surface area contributed by atoms with E-state index < -0.39 is 97.5 Å². The molecule has 3 N–H and O–H groups in total. The standard InChI is InChI=1S/C74H144O17P2/c1-8-9-10-11-12-13-14-15-16-17-18-19-20-21-22-29-34-43-50-57-73(78)90-69(61-84-71(76)55-48-41-33-28-24-23-26-31-38-45-52-65(2)3)63-88-92(80,81)86-59-68(75)60-87-93(82,83)89-64-70(62-85-72(77)56-49-42-37-36-40-47-54-67(6)7)91-74(79)58-51-44-35-30-25-27-32-39-46-53-66(4)5/h65-70,75H,8-64H2,1-7H3,(H,80,81)(H,82,83)/t68-,69-,70-/m1/s1. The molecule has 0 rings (SSSR count). The zero-order valence-electron chi connectivity index (χ0n) is 60.7. The number of esters is 4. The first kappa shape index (κ1) is 91.1. The van der Waals surface area contributed by atoms with Crippen molar-refractivity contribution in [3.05, 3.63) is 0 Å². The molecule has 0 saturated heterocycles. The van der Waals surface area contributed by atoms with Crippen molar-refractivity contribution in [3.63, 3.8) is 0 Å². The summed E-state index contributed by atoms with van der Waals surface area (Å²) in [6.07, 6.45) is 50.2. The van der Waals surface area contributed by atoms with E-state index >= 15 is 0 Å². The molecule has 0 aliphatic heterocycles. The molecule has 17 nitrogen and oxygen atoms in total. The Hall–Kier alpha value is -1.94. The van der Waals surface area contributed by atoms with Gasteiger partial charge in [-0.3, -0.25) is 37.3 Å². The van der Waals surface area contributed by atoms with Crippen LogP contribution >= 0.6 is 15.6 Å². The number of rotatable bonds is 72. The number of hydrogen-bond donors (Lipinski definition) is 3. The molecule has 0 aliphatic rings. The molecule has 0 fully saturated rings.